The van der Waals surface area contributed by atoms with Gasteiger partial charge in [0.1, 0.15) is 0 Å². The van der Waals surface area contributed by atoms with Crippen molar-refractivity contribution in [2.45, 2.75) is 64.5 Å². The van der Waals surface area contributed by atoms with Gasteiger partial charge in [-0.25, -0.2) is 0 Å². The van der Waals surface area contributed by atoms with Crippen molar-refractivity contribution >= 4 is 5.91 Å². The number of carbonyl (C=O) groups excluding carboxylic acids is 1. The normalized spacial score (nSPS) is 19.9. The Morgan fingerprint density at radius 2 is 2.00 bits per heavy atom. The summed E-state index contributed by atoms with van der Waals surface area (Å²) in [5.74, 6) is 0.236. The fraction of sp³-hybridized carbons (Fsp3) is 0.917. The second-order valence-electron chi connectivity index (χ2n) is 4.65. The topological polar surface area (TPSA) is 46.3 Å². The van der Waals surface area contributed by atoms with Crippen LogP contribution in [0.1, 0.15) is 52.4 Å². The van der Waals surface area contributed by atoms with Gasteiger partial charge in [-0.3, -0.25) is 4.79 Å². The Kier molecular flexibility index (Phi) is 5.09. The lowest BCUT2D eigenvalue weighted by molar-refractivity contribution is -0.134. The highest BCUT2D eigenvalue weighted by molar-refractivity contribution is 5.77. The summed E-state index contributed by atoms with van der Waals surface area (Å²) in [7, 11) is 0. The average Bonchev–Trinajstić information content (AvgIpc) is 2.19. The van der Waals surface area contributed by atoms with Gasteiger partial charge in [0.15, 0.2) is 0 Å². The molecule has 88 valence electrons. The van der Waals surface area contributed by atoms with E-state index in [1.165, 1.54) is 32.1 Å². The molecule has 0 aromatic heterocycles. The molecule has 1 fully saturated rings. The van der Waals surface area contributed by atoms with E-state index in [-0.39, 0.29) is 11.9 Å². The highest BCUT2D eigenvalue weighted by Gasteiger charge is 2.24. The van der Waals surface area contributed by atoms with Gasteiger partial charge >= 0.3 is 0 Å². The molecule has 3 heteroatoms. The molecule has 0 saturated heterocycles. The van der Waals surface area contributed by atoms with Crippen molar-refractivity contribution in [1.29, 1.82) is 0 Å². The zero-order valence-corrected chi connectivity index (χ0v) is 10.0. The molecule has 0 heterocycles. The minimum atomic E-state index is -0.0184. The molecule has 1 amide bonds. The van der Waals surface area contributed by atoms with E-state index in [1.807, 2.05) is 11.8 Å². The van der Waals surface area contributed by atoms with Gasteiger partial charge in [-0.15, -0.1) is 0 Å². The standard InChI is InChI=1S/C12H24N2O/c1-3-14(12(15)9-10(2)13)11-7-5-4-6-8-11/h10-11H,3-9,13H2,1-2H3. The smallest absolute Gasteiger partial charge is 0.224 e. The van der Waals surface area contributed by atoms with Crippen molar-refractivity contribution in [2.24, 2.45) is 5.73 Å². The van der Waals surface area contributed by atoms with Crippen LogP contribution in [0.25, 0.3) is 0 Å². The summed E-state index contributed by atoms with van der Waals surface area (Å²) in [4.78, 5) is 14.0. The molecule has 1 unspecified atom stereocenters. The fourth-order valence-corrected chi connectivity index (χ4v) is 2.42. The summed E-state index contributed by atoms with van der Waals surface area (Å²) in [5.41, 5.74) is 5.67. The van der Waals surface area contributed by atoms with Crippen LogP contribution < -0.4 is 5.73 Å². The maximum atomic E-state index is 11.9. The van der Waals surface area contributed by atoms with E-state index in [9.17, 15) is 4.79 Å². The van der Waals surface area contributed by atoms with E-state index in [0.29, 0.717) is 12.5 Å². The zero-order chi connectivity index (χ0) is 11.3. The quantitative estimate of drug-likeness (QED) is 0.773. The Balaban J connectivity index is 2.49. The van der Waals surface area contributed by atoms with Crippen molar-refractivity contribution in [1.82, 2.24) is 4.90 Å². The SMILES string of the molecule is CCN(C(=O)CC(C)N)C1CCCCC1. The van der Waals surface area contributed by atoms with E-state index in [1.54, 1.807) is 0 Å². The van der Waals surface area contributed by atoms with Crippen molar-refractivity contribution in [3.8, 4) is 0 Å². The number of hydrogen-bond donors (Lipinski definition) is 1. The molecule has 1 aliphatic carbocycles. The van der Waals surface area contributed by atoms with Crippen LogP contribution >= 0.6 is 0 Å². The first-order valence-corrected chi connectivity index (χ1v) is 6.20. The van der Waals surface area contributed by atoms with E-state index in [4.69, 9.17) is 5.73 Å². The zero-order valence-electron chi connectivity index (χ0n) is 10.0. The third-order valence-corrected chi connectivity index (χ3v) is 3.17. The molecule has 2 N–H and O–H groups in total. The maximum absolute atomic E-state index is 11.9. The first kappa shape index (κ1) is 12.5. The lowest BCUT2D eigenvalue weighted by atomic mass is 9.94. The number of nitrogens with two attached hydrogens (primary N) is 1. The monoisotopic (exact) mass is 212 g/mol. The molecular weight excluding hydrogens is 188 g/mol. The van der Waals surface area contributed by atoms with Gasteiger partial charge in [-0.1, -0.05) is 19.3 Å². The Labute approximate surface area is 93.0 Å². The van der Waals surface area contributed by atoms with Crippen LogP contribution in [-0.2, 0) is 4.79 Å². The molecular formula is C12H24N2O. The Hall–Kier alpha value is -0.570. The van der Waals surface area contributed by atoms with E-state index in [2.05, 4.69) is 6.92 Å². The van der Waals surface area contributed by atoms with Gasteiger partial charge < -0.3 is 10.6 Å². The molecule has 0 aromatic rings. The van der Waals surface area contributed by atoms with Crippen LogP contribution in [-0.4, -0.2) is 29.4 Å². The van der Waals surface area contributed by atoms with Gasteiger partial charge in [-0.2, -0.15) is 0 Å². The summed E-state index contributed by atoms with van der Waals surface area (Å²) in [5, 5.41) is 0. The van der Waals surface area contributed by atoms with Gasteiger partial charge in [0.25, 0.3) is 0 Å². The predicted molar refractivity (Wildman–Crippen MR) is 62.5 cm³/mol. The molecule has 0 aliphatic heterocycles. The Morgan fingerprint density at radius 3 is 2.47 bits per heavy atom. The number of amides is 1. The maximum Gasteiger partial charge on any atom is 0.224 e. The second kappa shape index (κ2) is 6.11. The molecule has 1 rings (SSSR count). The van der Waals surface area contributed by atoms with Crippen molar-refractivity contribution in [3.05, 3.63) is 0 Å². The summed E-state index contributed by atoms with van der Waals surface area (Å²) >= 11 is 0. The Morgan fingerprint density at radius 1 is 1.40 bits per heavy atom. The largest absolute Gasteiger partial charge is 0.340 e. The van der Waals surface area contributed by atoms with E-state index >= 15 is 0 Å². The number of carbonyl (C=O) groups is 1. The molecule has 1 atom stereocenters. The van der Waals surface area contributed by atoms with Gasteiger partial charge in [-0.05, 0) is 26.7 Å². The summed E-state index contributed by atoms with van der Waals surface area (Å²) in [6.07, 6.45) is 6.72. The number of rotatable bonds is 4. The molecule has 0 radical (unpaired) electrons. The predicted octanol–water partition coefficient (Wildman–Crippen LogP) is 1.90. The molecule has 0 bridgehead atoms. The van der Waals surface area contributed by atoms with Crippen LogP contribution in [0.2, 0.25) is 0 Å². The van der Waals surface area contributed by atoms with Crippen LogP contribution in [0.3, 0.4) is 0 Å². The van der Waals surface area contributed by atoms with Crippen LogP contribution in [0.4, 0.5) is 0 Å². The van der Waals surface area contributed by atoms with Crippen LogP contribution in [0, 0.1) is 0 Å². The summed E-state index contributed by atoms with van der Waals surface area (Å²) in [6.45, 7) is 4.79. The van der Waals surface area contributed by atoms with Crippen LogP contribution in [0.15, 0.2) is 0 Å². The molecule has 1 saturated carbocycles. The Bertz CT molecular complexity index is 198. The average molecular weight is 212 g/mol. The first-order valence-electron chi connectivity index (χ1n) is 6.20. The van der Waals surface area contributed by atoms with Gasteiger partial charge in [0, 0.05) is 25.0 Å². The van der Waals surface area contributed by atoms with Gasteiger partial charge in [0.2, 0.25) is 5.91 Å². The molecule has 3 nitrogen and oxygen atoms in total. The number of hydrogen-bond acceptors (Lipinski definition) is 2. The second-order valence-corrected chi connectivity index (χ2v) is 4.65. The minimum Gasteiger partial charge on any atom is -0.340 e. The highest BCUT2D eigenvalue weighted by Crippen LogP contribution is 2.23. The highest BCUT2D eigenvalue weighted by atomic mass is 16.2. The summed E-state index contributed by atoms with van der Waals surface area (Å²) in [6, 6.07) is 0.463. The molecule has 1 aliphatic rings. The first-order chi connectivity index (χ1) is 7.15. The molecule has 15 heavy (non-hydrogen) atoms. The van der Waals surface area contributed by atoms with Gasteiger partial charge in [0.05, 0.1) is 0 Å². The lowest BCUT2D eigenvalue weighted by Gasteiger charge is -2.34. The number of nitrogens with zero attached hydrogens (tertiary/aromatic N) is 1. The minimum absolute atomic E-state index is 0.0184. The van der Waals surface area contributed by atoms with Crippen molar-refractivity contribution in [3.63, 3.8) is 0 Å². The third-order valence-electron chi connectivity index (χ3n) is 3.17. The fourth-order valence-electron chi connectivity index (χ4n) is 2.42. The summed E-state index contributed by atoms with van der Waals surface area (Å²) < 4.78 is 0. The third kappa shape index (κ3) is 3.82. The van der Waals surface area contributed by atoms with Crippen LogP contribution in [0.5, 0.6) is 0 Å². The van der Waals surface area contributed by atoms with Crippen molar-refractivity contribution in [2.75, 3.05) is 6.54 Å². The van der Waals surface area contributed by atoms with Crippen molar-refractivity contribution < 1.29 is 4.79 Å². The lowest BCUT2D eigenvalue weighted by Crippen LogP contribution is -2.43. The molecule has 0 aromatic carbocycles. The van der Waals surface area contributed by atoms with E-state index in [0.717, 1.165) is 6.54 Å². The van der Waals surface area contributed by atoms with E-state index < -0.39 is 0 Å². The molecule has 0 spiro atoms.